The Balaban J connectivity index is 1.45. The lowest BCUT2D eigenvalue weighted by atomic mass is 10.0. The zero-order valence-electron chi connectivity index (χ0n) is 15.2. The average Bonchev–Trinajstić information content (AvgIpc) is 2.63. The van der Waals surface area contributed by atoms with E-state index < -0.39 is 0 Å². The van der Waals surface area contributed by atoms with Crippen LogP contribution in [0.15, 0.2) is 36.4 Å². The van der Waals surface area contributed by atoms with Crippen molar-refractivity contribution in [3.63, 3.8) is 0 Å². The number of ether oxygens (including phenoxy) is 2. The third kappa shape index (κ3) is 4.50. The van der Waals surface area contributed by atoms with Gasteiger partial charge in [0.15, 0.2) is 0 Å². The van der Waals surface area contributed by atoms with Gasteiger partial charge in [-0.25, -0.2) is 0 Å². The number of para-hydroxylation sites is 1. The van der Waals surface area contributed by atoms with E-state index in [2.05, 4.69) is 5.32 Å². The van der Waals surface area contributed by atoms with Gasteiger partial charge in [-0.3, -0.25) is 4.79 Å². The Morgan fingerprint density at radius 2 is 2.00 bits per heavy atom. The molecular weight excluding hydrogens is 350 g/mol. The van der Waals surface area contributed by atoms with Crippen LogP contribution >= 0.6 is 11.6 Å². The monoisotopic (exact) mass is 373 g/mol. The van der Waals surface area contributed by atoms with E-state index in [9.17, 15) is 4.79 Å². The van der Waals surface area contributed by atoms with Crippen molar-refractivity contribution < 1.29 is 14.3 Å². The van der Waals surface area contributed by atoms with Crippen LogP contribution in [0.1, 0.15) is 42.0 Å². The molecule has 1 atom stereocenters. The van der Waals surface area contributed by atoms with Crippen LogP contribution in [-0.2, 0) is 4.79 Å². The molecule has 4 nitrogen and oxygen atoms in total. The van der Waals surface area contributed by atoms with Crippen molar-refractivity contribution in [2.24, 2.45) is 0 Å². The molecule has 1 N–H and O–H groups in total. The number of hydrogen-bond acceptors (Lipinski definition) is 3. The molecule has 1 aliphatic rings. The molecule has 0 spiro atoms. The van der Waals surface area contributed by atoms with Crippen molar-refractivity contribution in [3.05, 3.63) is 58.1 Å². The fourth-order valence-corrected chi connectivity index (χ4v) is 3.28. The van der Waals surface area contributed by atoms with Gasteiger partial charge in [0.1, 0.15) is 11.5 Å². The second-order valence-corrected chi connectivity index (χ2v) is 7.00. The average molecular weight is 374 g/mol. The highest BCUT2D eigenvalue weighted by Crippen LogP contribution is 2.31. The SMILES string of the molecule is Cc1cc(OCCCC(=O)NC2CCOc3ccccc32)cc(C)c1Cl. The number of aryl methyl sites for hydroxylation is 2. The van der Waals surface area contributed by atoms with Gasteiger partial charge < -0.3 is 14.8 Å². The highest BCUT2D eigenvalue weighted by atomic mass is 35.5. The predicted octanol–water partition coefficient (Wildman–Crippen LogP) is 4.76. The zero-order valence-corrected chi connectivity index (χ0v) is 15.9. The van der Waals surface area contributed by atoms with E-state index in [4.69, 9.17) is 21.1 Å². The molecule has 0 fully saturated rings. The summed E-state index contributed by atoms with van der Waals surface area (Å²) in [5.41, 5.74) is 3.05. The minimum Gasteiger partial charge on any atom is -0.494 e. The number of amides is 1. The van der Waals surface area contributed by atoms with Crippen LogP contribution in [0.25, 0.3) is 0 Å². The van der Waals surface area contributed by atoms with Gasteiger partial charge >= 0.3 is 0 Å². The normalized spacial score (nSPS) is 15.7. The largest absolute Gasteiger partial charge is 0.494 e. The van der Waals surface area contributed by atoms with Crippen LogP contribution in [-0.4, -0.2) is 19.1 Å². The fourth-order valence-electron chi connectivity index (χ4n) is 3.17. The van der Waals surface area contributed by atoms with Gasteiger partial charge in [0, 0.05) is 23.4 Å². The number of hydrogen-bond donors (Lipinski definition) is 1. The Bertz CT molecular complexity index is 768. The Morgan fingerprint density at radius 3 is 2.77 bits per heavy atom. The third-order valence-electron chi connectivity index (χ3n) is 4.52. The summed E-state index contributed by atoms with van der Waals surface area (Å²) in [6.45, 7) is 5.04. The van der Waals surface area contributed by atoms with Gasteiger partial charge in [-0.15, -0.1) is 0 Å². The van der Waals surface area contributed by atoms with E-state index in [0.29, 0.717) is 26.1 Å². The van der Waals surface area contributed by atoms with E-state index in [0.717, 1.165) is 39.6 Å². The first-order chi connectivity index (χ1) is 12.5. The topological polar surface area (TPSA) is 47.6 Å². The maximum atomic E-state index is 12.3. The molecular formula is C21H24ClNO3. The Morgan fingerprint density at radius 1 is 1.27 bits per heavy atom. The van der Waals surface area contributed by atoms with Crippen molar-refractivity contribution in [2.45, 2.75) is 39.2 Å². The molecule has 0 aliphatic carbocycles. The molecule has 5 heteroatoms. The molecule has 26 heavy (non-hydrogen) atoms. The maximum absolute atomic E-state index is 12.3. The second kappa shape index (κ2) is 8.45. The molecule has 138 valence electrons. The Kier molecular flexibility index (Phi) is 6.04. The highest BCUT2D eigenvalue weighted by Gasteiger charge is 2.22. The lowest BCUT2D eigenvalue weighted by Crippen LogP contribution is -2.32. The van der Waals surface area contributed by atoms with Crippen molar-refractivity contribution in [3.8, 4) is 11.5 Å². The van der Waals surface area contributed by atoms with E-state index in [1.165, 1.54) is 0 Å². The Hall–Kier alpha value is -2.20. The summed E-state index contributed by atoms with van der Waals surface area (Å²) in [4.78, 5) is 12.3. The third-order valence-corrected chi connectivity index (χ3v) is 5.12. The number of carbonyl (C=O) groups excluding carboxylic acids is 1. The predicted molar refractivity (Wildman–Crippen MR) is 103 cm³/mol. The molecule has 1 aliphatic heterocycles. The summed E-state index contributed by atoms with van der Waals surface area (Å²) in [6, 6.07) is 11.7. The summed E-state index contributed by atoms with van der Waals surface area (Å²) >= 11 is 6.16. The van der Waals surface area contributed by atoms with Crippen molar-refractivity contribution in [1.29, 1.82) is 0 Å². The molecule has 0 saturated carbocycles. The van der Waals surface area contributed by atoms with Crippen LogP contribution < -0.4 is 14.8 Å². The molecule has 1 amide bonds. The molecule has 3 rings (SSSR count). The van der Waals surface area contributed by atoms with Gasteiger partial charge in [0.05, 0.1) is 19.3 Å². The minimum absolute atomic E-state index is 0.0231. The zero-order chi connectivity index (χ0) is 18.5. The summed E-state index contributed by atoms with van der Waals surface area (Å²) in [6.07, 6.45) is 1.89. The fraction of sp³-hybridized carbons (Fsp3) is 0.381. The van der Waals surface area contributed by atoms with Crippen LogP contribution in [0, 0.1) is 13.8 Å². The summed E-state index contributed by atoms with van der Waals surface area (Å²) < 4.78 is 11.4. The van der Waals surface area contributed by atoms with Gasteiger partial charge in [-0.2, -0.15) is 0 Å². The summed E-state index contributed by atoms with van der Waals surface area (Å²) in [5, 5.41) is 3.88. The van der Waals surface area contributed by atoms with Crippen molar-refractivity contribution in [1.82, 2.24) is 5.32 Å². The summed E-state index contributed by atoms with van der Waals surface area (Å²) in [5.74, 6) is 1.70. The van der Waals surface area contributed by atoms with Crippen LogP contribution in [0.3, 0.4) is 0 Å². The number of benzene rings is 2. The van der Waals surface area contributed by atoms with Crippen LogP contribution in [0.4, 0.5) is 0 Å². The molecule has 2 aromatic rings. The lowest BCUT2D eigenvalue weighted by molar-refractivity contribution is -0.122. The number of rotatable bonds is 6. The molecule has 0 radical (unpaired) electrons. The first-order valence-electron chi connectivity index (χ1n) is 8.95. The van der Waals surface area contributed by atoms with Gasteiger partial charge in [-0.1, -0.05) is 29.8 Å². The Labute approximate surface area is 159 Å². The van der Waals surface area contributed by atoms with E-state index in [1.54, 1.807) is 0 Å². The summed E-state index contributed by atoms with van der Waals surface area (Å²) in [7, 11) is 0. The maximum Gasteiger partial charge on any atom is 0.220 e. The van der Waals surface area contributed by atoms with Crippen LogP contribution in [0.2, 0.25) is 5.02 Å². The van der Waals surface area contributed by atoms with E-state index >= 15 is 0 Å². The van der Waals surface area contributed by atoms with Gasteiger partial charge in [0.2, 0.25) is 5.91 Å². The van der Waals surface area contributed by atoms with Crippen molar-refractivity contribution >= 4 is 17.5 Å². The quantitative estimate of drug-likeness (QED) is 0.743. The minimum atomic E-state index is 0.0231. The first-order valence-corrected chi connectivity index (χ1v) is 9.33. The molecule has 0 aromatic heterocycles. The molecule has 0 bridgehead atoms. The molecule has 2 aromatic carbocycles. The lowest BCUT2D eigenvalue weighted by Gasteiger charge is -2.26. The highest BCUT2D eigenvalue weighted by molar-refractivity contribution is 6.32. The van der Waals surface area contributed by atoms with E-state index in [-0.39, 0.29) is 11.9 Å². The van der Waals surface area contributed by atoms with Crippen LogP contribution in [0.5, 0.6) is 11.5 Å². The van der Waals surface area contributed by atoms with Gasteiger partial charge in [0.25, 0.3) is 0 Å². The molecule has 0 saturated heterocycles. The second-order valence-electron chi connectivity index (χ2n) is 6.62. The standard InChI is InChI=1S/C21H24ClNO3/c1-14-12-16(13-15(2)21(14)22)25-10-5-8-20(24)23-18-9-11-26-19-7-4-3-6-17(18)19/h3-4,6-7,12-13,18H,5,8-11H2,1-2H3,(H,23,24). The number of halogens is 1. The molecule has 1 unspecified atom stereocenters. The molecule has 1 heterocycles. The first kappa shape index (κ1) is 18.6. The number of fused-ring (bicyclic) bond motifs is 1. The smallest absolute Gasteiger partial charge is 0.220 e. The van der Waals surface area contributed by atoms with E-state index in [1.807, 2.05) is 50.2 Å². The van der Waals surface area contributed by atoms with Gasteiger partial charge in [-0.05, 0) is 49.6 Å². The number of carbonyl (C=O) groups is 1. The van der Waals surface area contributed by atoms with Crippen molar-refractivity contribution in [2.75, 3.05) is 13.2 Å². The number of nitrogens with one attached hydrogen (secondary N) is 1.